The highest BCUT2D eigenvalue weighted by Crippen LogP contribution is 2.08. The van der Waals surface area contributed by atoms with Crippen molar-refractivity contribution in [2.45, 2.75) is 6.54 Å². The maximum Gasteiger partial charge on any atom is 0.244 e. The number of hydrogen-bond donors (Lipinski definition) is 1. The summed E-state index contributed by atoms with van der Waals surface area (Å²) >= 11 is 5.57. The predicted octanol–water partition coefficient (Wildman–Crippen LogP) is 2.28. The number of hydrogen-bond acceptors (Lipinski definition) is 4. The van der Waals surface area contributed by atoms with Crippen molar-refractivity contribution in [2.75, 3.05) is 5.32 Å². The van der Waals surface area contributed by atoms with E-state index in [1.165, 1.54) is 18.3 Å². The quantitative estimate of drug-likeness (QED) is 0.891. The lowest BCUT2D eigenvalue weighted by atomic mass is 10.2. The SMILES string of the molecule is Fc1cccc(CNc2cnnc(Cl)n2)c1. The number of anilines is 1. The number of halogens is 2. The van der Waals surface area contributed by atoms with E-state index in [9.17, 15) is 4.39 Å². The standard InChI is InChI=1S/C10H8ClFN4/c11-10-15-9(6-14-16-10)13-5-7-2-1-3-8(12)4-7/h1-4,6H,5H2,(H,13,15,16). The molecule has 2 aromatic rings. The minimum Gasteiger partial charge on any atom is -0.365 e. The van der Waals surface area contributed by atoms with Gasteiger partial charge in [0, 0.05) is 6.54 Å². The lowest BCUT2D eigenvalue weighted by Gasteiger charge is -2.04. The van der Waals surface area contributed by atoms with Gasteiger partial charge in [0.2, 0.25) is 5.28 Å². The summed E-state index contributed by atoms with van der Waals surface area (Å²) in [6.45, 7) is 0.451. The number of rotatable bonds is 3. The third-order valence-corrected chi connectivity index (χ3v) is 2.06. The van der Waals surface area contributed by atoms with E-state index in [1.54, 1.807) is 6.07 Å². The zero-order chi connectivity index (χ0) is 11.4. The molecule has 1 heterocycles. The Labute approximate surface area is 96.5 Å². The topological polar surface area (TPSA) is 50.7 Å². The van der Waals surface area contributed by atoms with E-state index in [4.69, 9.17) is 11.6 Å². The van der Waals surface area contributed by atoms with E-state index in [0.29, 0.717) is 12.4 Å². The van der Waals surface area contributed by atoms with Crippen molar-refractivity contribution in [3.8, 4) is 0 Å². The molecule has 82 valence electrons. The smallest absolute Gasteiger partial charge is 0.244 e. The molecule has 0 aliphatic heterocycles. The van der Waals surface area contributed by atoms with Crippen LogP contribution in [-0.4, -0.2) is 15.2 Å². The molecule has 0 fully saturated rings. The van der Waals surface area contributed by atoms with Gasteiger partial charge in [-0.05, 0) is 29.3 Å². The second-order valence-corrected chi connectivity index (χ2v) is 3.43. The minimum atomic E-state index is -0.266. The normalized spacial score (nSPS) is 10.1. The van der Waals surface area contributed by atoms with E-state index in [1.807, 2.05) is 6.07 Å². The fraction of sp³-hybridized carbons (Fsp3) is 0.100. The Morgan fingerprint density at radius 3 is 3.00 bits per heavy atom. The first kappa shape index (κ1) is 10.8. The summed E-state index contributed by atoms with van der Waals surface area (Å²) in [6, 6.07) is 6.31. The van der Waals surface area contributed by atoms with Gasteiger partial charge >= 0.3 is 0 Å². The van der Waals surface area contributed by atoms with Crippen LogP contribution in [0.25, 0.3) is 0 Å². The molecule has 0 unspecified atom stereocenters. The molecular formula is C10H8ClFN4. The van der Waals surface area contributed by atoms with E-state index >= 15 is 0 Å². The van der Waals surface area contributed by atoms with E-state index in [-0.39, 0.29) is 11.1 Å². The van der Waals surface area contributed by atoms with Gasteiger partial charge in [0.1, 0.15) is 11.6 Å². The average Bonchev–Trinajstić information content (AvgIpc) is 2.27. The van der Waals surface area contributed by atoms with Crippen molar-refractivity contribution in [3.63, 3.8) is 0 Å². The van der Waals surface area contributed by atoms with Crippen LogP contribution in [0.15, 0.2) is 30.5 Å². The monoisotopic (exact) mass is 238 g/mol. The Kier molecular flexibility index (Phi) is 3.26. The van der Waals surface area contributed by atoms with Gasteiger partial charge in [0.15, 0.2) is 0 Å². The molecule has 0 spiro atoms. The Morgan fingerprint density at radius 1 is 1.38 bits per heavy atom. The molecule has 0 bridgehead atoms. The van der Waals surface area contributed by atoms with Gasteiger partial charge in [-0.1, -0.05) is 12.1 Å². The molecule has 4 nitrogen and oxygen atoms in total. The van der Waals surface area contributed by atoms with Crippen LogP contribution in [0.1, 0.15) is 5.56 Å². The molecule has 16 heavy (non-hydrogen) atoms. The fourth-order valence-electron chi connectivity index (χ4n) is 1.21. The molecule has 2 rings (SSSR count). The first-order valence-electron chi connectivity index (χ1n) is 4.57. The zero-order valence-corrected chi connectivity index (χ0v) is 8.95. The van der Waals surface area contributed by atoms with E-state index in [0.717, 1.165) is 5.56 Å². The molecule has 0 aliphatic rings. The van der Waals surface area contributed by atoms with Gasteiger partial charge in [-0.3, -0.25) is 0 Å². The first-order valence-corrected chi connectivity index (χ1v) is 4.95. The molecule has 1 aromatic heterocycles. The number of benzene rings is 1. The van der Waals surface area contributed by atoms with Crippen LogP contribution >= 0.6 is 11.6 Å². The average molecular weight is 239 g/mol. The minimum absolute atomic E-state index is 0.0734. The highest BCUT2D eigenvalue weighted by molar-refractivity contribution is 6.28. The third-order valence-electron chi connectivity index (χ3n) is 1.90. The van der Waals surface area contributed by atoms with Crippen LogP contribution in [-0.2, 0) is 6.54 Å². The summed E-state index contributed by atoms with van der Waals surface area (Å²) < 4.78 is 12.9. The number of nitrogens with one attached hydrogen (secondary N) is 1. The van der Waals surface area contributed by atoms with Crippen molar-refractivity contribution in [1.82, 2.24) is 15.2 Å². The molecule has 0 saturated heterocycles. The second-order valence-electron chi connectivity index (χ2n) is 3.09. The molecule has 0 atom stereocenters. The first-order chi connectivity index (χ1) is 7.74. The molecule has 6 heteroatoms. The van der Waals surface area contributed by atoms with Crippen LogP contribution in [0, 0.1) is 5.82 Å². The lowest BCUT2D eigenvalue weighted by Crippen LogP contribution is -2.03. The van der Waals surface area contributed by atoms with Crippen molar-refractivity contribution in [2.24, 2.45) is 0 Å². The van der Waals surface area contributed by atoms with Crippen molar-refractivity contribution < 1.29 is 4.39 Å². The molecular weight excluding hydrogens is 231 g/mol. The van der Waals surface area contributed by atoms with Crippen LogP contribution in [0.5, 0.6) is 0 Å². The Morgan fingerprint density at radius 2 is 2.25 bits per heavy atom. The molecule has 1 aromatic carbocycles. The summed E-state index contributed by atoms with van der Waals surface area (Å²) in [6.07, 6.45) is 1.45. The van der Waals surface area contributed by atoms with Crippen molar-refractivity contribution in [1.29, 1.82) is 0 Å². The Bertz CT molecular complexity index is 446. The highest BCUT2D eigenvalue weighted by Gasteiger charge is 1.98. The van der Waals surface area contributed by atoms with Crippen molar-refractivity contribution >= 4 is 17.4 Å². The zero-order valence-electron chi connectivity index (χ0n) is 8.19. The largest absolute Gasteiger partial charge is 0.365 e. The number of nitrogens with zero attached hydrogens (tertiary/aromatic N) is 3. The fourth-order valence-corrected chi connectivity index (χ4v) is 1.34. The van der Waals surface area contributed by atoms with Gasteiger partial charge < -0.3 is 5.32 Å². The summed E-state index contributed by atoms with van der Waals surface area (Å²) in [5.41, 5.74) is 0.815. The molecule has 1 N–H and O–H groups in total. The summed E-state index contributed by atoms with van der Waals surface area (Å²) in [5, 5.41) is 10.2. The molecule has 0 radical (unpaired) electrons. The summed E-state index contributed by atoms with van der Waals surface area (Å²) in [7, 11) is 0. The van der Waals surface area contributed by atoms with Gasteiger partial charge in [-0.15, -0.1) is 5.10 Å². The van der Waals surface area contributed by atoms with Crippen LogP contribution < -0.4 is 5.32 Å². The van der Waals surface area contributed by atoms with Crippen LogP contribution in [0.3, 0.4) is 0 Å². The number of aromatic nitrogens is 3. The van der Waals surface area contributed by atoms with Gasteiger partial charge in [-0.25, -0.2) is 4.39 Å². The van der Waals surface area contributed by atoms with E-state index < -0.39 is 0 Å². The van der Waals surface area contributed by atoms with Gasteiger partial charge in [0.05, 0.1) is 6.20 Å². The summed E-state index contributed by atoms with van der Waals surface area (Å²) in [5.74, 6) is 0.238. The second kappa shape index (κ2) is 4.85. The van der Waals surface area contributed by atoms with Gasteiger partial charge in [0.25, 0.3) is 0 Å². The Hall–Kier alpha value is -1.75. The maximum absolute atomic E-state index is 12.9. The molecule has 0 aliphatic carbocycles. The summed E-state index contributed by atoms with van der Waals surface area (Å²) in [4.78, 5) is 3.90. The van der Waals surface area contributed by atoms with Crippen molar-refractivity contribution in [3.05, 3.63) is 47.1 Å². The molecule has 0 amide bonds. The van der Waals surface area contributed by atoms with E-state index in [2.05, 4.69) is 20.5 Å². The third kappa shape index (κ3) is 2.87. The van der Waals surface area contributed by atoms with Crippen LogP contribution in [0.4, 0.5) is 10.2 Å². The predicted molar refractivity (Wildman–Crippen MR) is 58.6 cm³/mol. The lowest BCUT2D eigenvalue weighted by molar-refractivity contribution is 0.626. The van der Waals surface area contributed by atoms with Gasteiger partial charge in [-0.2, -0.15) is 10.1 Å². The van der Waals surface area contributed by atoms with Crippen LogP contribution in [0.2, 0.25) is 5.28 Å². The maximum atomic E-state index is 12.9. The highest BCUT2D eigenvalue weighted by atomic mass is 35.5. The molecule has 0 saturated carbocycles. The Balaban J connectivity index is 2.02.